The predicted molar refractivity (Wildman–Crippen MR) is 92.8 cm³/mol. The van der Waals surface area contributed by atoms with Crippen LogP contribution >= 0.6 is 0 Å². The Kier molecular flexibility index (Phi) is 6.10. The topological polar surface area (TPSA) is 116 Å². The van der Waals surface area contributed by atoms with E-state index in [1.165, 1.54) is 31.2 Å². The van der Waals surface area contributed by atoms with Gasteiger partial charge in [-0.25, -0.2) is 18.4 Å². The molecule has 1 amide bonds. The molecule has 0 aliphatic heterocycles. The van der Waals surface area contributed by atoms with Crippen molar-refractivity contribution in [3.63, 3.8) is 0 Å². The van der Waals surface area contributed by atoms with Crippen molar-refractivity contribution in [2.24, 2.45) is 5.14 Å². The quantitative estimate of drug-likeness (QED) is 0.727. The summed E-state index contributed by atoms with van der Waals surface area (Å²) >= 11 is 0. The zero-order valence-electron chi connectivity index (χ0n) is 14.4. The molecule has 2 aromatic carbocycles. The number of carbonyl (C=O) groups excluding carboxylic acids is 2. The number of halogens is 3. The van der Waals surface area contributed by atoms with Gasteiger partial charge in [0.15, 0.2) is 6.10 Å². The molecule has 0 saturated carbocycles. The predicted octanol–water partition coefficient (Wildman–Crippen LogP) is 2.54. The summed E-state index contributed by atoms with van der Waals surface area (Å²) < 4.78 is 65.4. The van der Waals surface area contributed by atoms with Gasteiger partial charge in [-0.3, -0.25) is 4.79 Å². The van der Waals surface area contributed by atoms with E-state index in [1.807, 2.05) is 0 Å². The number of carbonyl (C=O) groups is 2. The highest BCUT2D eigenvalue weighted by atomic mass is 32.2. The average molecular weight is 416 g/mol. The van der Waals surface area contributed by atoms with Gasteiger partial charge in [0.05, 0.1) is 16.0 Å². The molecule has 0 spiro atoms. The lowest BCUT2D eigenvalue weighted by Gasteiger charge is -2.14. The highest BCUT2D eigenvalue weighted by Gasteiger charge is 2.31. The third-order valence-corrected chi connectivity index (χ3v) is 4.46. The SMILES string of the molecule is CC(OC(=O)c1cccc(C(F)(F)F)c1)C(=O)Nc1ccc(S(N)(=O)=O)cc1. The van der Waals surface area contributed by atoms with E-state index >= 15 is 0 Å². The Morgan fingerprint density at radius 2 is 1.71 bits per heavy atom. The molecule has 28 heavy (non-hydrogen) atoms. The minimum Gasteiger partial charge on any atom is -0.449 e. The number of sulfonamides is 1. The first kappa shape index (κ1) is 21.4. The van der Waals surface area contributed by atoms with Crippen molar-refractivity contribution < 1.29 is 35.9 Å². The van der Waals surface area contributed by atoms with E-state index in [9.17, 15) is 31.2 Å². The van der Waals surface area contributed by atoms with Gasteiger partial charge < -0.3 is 10.1 Å². The fourth-order valence-electron chi connectivity index (χ4n) is 2.08. The van der Waals surface area contributed by atoms with Gasteiger partial charge in [0.25, 0.3) is 5.91 Å². The monoisotopic (exact) mass is 416 g/mol. The van der Waals surface area contributed by atoms with Gasteiger partial charge in [-0.2, -0.15) is 13.2 Å². The lowest BCUT2D eigenvalue weighted by Crippen LogP contribution is -2.30. The summed E-state index contributed by atoms with van der Waals surface area (Å²) in [5.41, 5.74) is -1.17. The van der Waals surface area contributed by atoms with Crippen molar-refractivity contribution in [3.05, 3.63) is 59.7 Å². The summed E-state index contributed by atoms with van der Waals surface area (Å²) in [6.45, 7) is 1.24. The van der Waals surface area contributed by atoms with Crippen molar-refractivity contribution >= 4 is 27.6 Å². The Hall–Kier alpha value is -2.92. The van der Waals surface area contributed by atoms with Gasteiger partial charge >= 0.3 is 12.1 Å². The Balaban J connectivity index is 2.03. The first-order valence-corrected chi connectivity index (χ1v) is 9.24. The molecule has 7 nitrogen and oxygen atoms in total. The molecule has 0 fully saturated rings. The molecule has 0 aromatic heterocycles. The number of esters is 1. The number of anilines is 1. The number of rotatable bonds is 5. The molecule has 2 rings (SSSR count). The fourth-order valence-corrected chi connectivity index (χ4v) is 2.59. The molecular formula is C17H15F3N2O5S. The van der Waals surface area contributed by atoms with Crippen LogP contribution in [0.4, 0.5) is 18.9 Å². The average Bonchev–Trinajstić information content (AvgIpc) is 2.60. The second kappa shape index (κ2) is 7.98. The first-order valence-electron chi connectivity index (χ1n) is 7.70. The summed E-state index contributed by atoms with van der Waals surface area (Å²) in [6.07, 6.45) is -5.94. The van der Waals surface area contributed by atoms with Crippen LogP contribution in [0.15, 0.2) is 53.4 Å². The van der Waals surface area contributed by atoms with E-state index in [4.69, 9.17) is 9.88 Å². The molecule has 3 N–H and O–H groups in total. The van der Waals surface area contributed by atoms with Crippen molar-refractivity contribution in [1.82, 2.24) is 0 Å². The minimum absolute atomic E-state index is 0.158. The van der Waals surface area contributed by atoms with Crippen LogP contribution in [0, 0.1) is 0 Å². The second-order valence-corrected chi connectivity index (χ2v) is 7.25. The molecule has 1 unspecified atom stereocenters. The Labute approximate surface area is 158 Å². The normalized spacial score (nSPS) is 12.9. The third kappa shape index (κ3) is 5.54. The minimum atomic E-state index is -4.62. The molecule has 0 radical (unpaired) electrons. The maximum absolute atomic E-state index is 12.7. The van der Waals surface area contributed by atoms with E-state index in [-0.39, 0.29) is 16.1 Å². The molecular weight excluding hydrogens is 401 g/mol. The van der Waals surface area contributed by atoms with E-state index in [2.05, 4.69) is 5.32 Å². The number of hydrogen-bond donors (Lipinski definition) is 2. The summed E-state index contributed by atoms with van der Waals surface area (Å²) in [4.78, 5) is 23.9. The van der Waals surface area contributed by atoms with Crippen LogP contribution in [0.5, 0.6) is 0 Å². The van der Waals surface area contributed by atoms with Gasteiger partial charge in [0, 0.05) is 5.69 Å². The summed E-state index contributed by atoms with van der Waals surface area (Å²) in [7, 11) is -3.89. The van der Waals surface area contributed by atoms with Gasteiger partial charge in [0.1, 0.15) is 0 Å². The maximum Gasteiger partial charge on any atom is 0.416 e. The summed E-state index contributed by atoms with van der Waals surface area (Å²) in [5.74, 6) is -1.86. The Morgan fingerprint density at radius 1 is 1.11 bits per heavy atom. The van der Waals surface area contributed by atoms with Crippen LogP contribution in [-0.4, -0.2) is 26.4 Å². The van der Waals surface area contributed by atoms with Crippen molar-refractivity contribution in [2.75, 3.05) is 5.32 Å². The molecule has 11 heteroatoms. The van der Waals surface area contributed by atoms with E-state index in [0.717, 1.165) is 18.2 Å². The molecule has 1 atom stereocenters. The molecule has 150 valence electrons. The van der Waals surface area contributed by atoms with E-state index < -0.39 is 39.7 Å². The second-order valence-electron chi connectivity index (χ2n) is 5.68. The van der Waals surface area contributed by atoms with Crippen LogP contribution < -0.4 is 10.5 Å². The van der Waals surface area contributed by atoms with Gasteiger partial charge in [-0.05, 0) is 49.4 Å². The number of amides is 1. The number of nitrogens with one attached hydrogen (secondary N) is 1. The third-order valence-electron chi connectivity index (χ3n) is 3.53. The fraction of sp³-hybridized carbons (Fsp3) is 0.176. The Bertz CT molecular complexity index is 989. The lowest BCUT2D eigenvalue weighted by atomic mass is 10.1. The first-order chi connectivity index (χ1) is 12.9. The van der Waals surface area contributed by atoms with Crippen LogP contribution in [0.1, 0.15) is 22.8 Å². The maximum atomic E-state index is 12.7. The van der Waals surface area contributed by atoms with Crippen LogP contribution in [0.3, 0.4) is 0 Å². The lowest BCUT2D eigenvalue weighted by molar-refractivity contribution is -0.137. The highest BCUT2D eigenvalue weighted by Crippen LogP contribution is 2.29. The van der Waals surface area contributed by atoms with E-state index in [1.54, 1.807) is 0 Å². The molecule has 2 aromatic rings. The van der Waals surface area contributed by atoms with Gasteiger partial charge in [-0.1, -0.05) is 6.07 Å². The van der Waals surface area contributed by atoms with Gasteiger partial charge in [-0.15, -0.1) is 0 Å². The van der Waals surface area contributed by atoms with Crippen LogP contribution in [0.2, 0.25) is 0 Å². The molecule has 0 bridgehead atoms. The van der Waals surface area contributed by atoms with Crippen molar-refractivity contribution in [3.8, 4) is 0 Å². The van der Waals surface area contributed by atoms with Crippen LogP contribution in [-0.2, 0) is 25.7 Å². The highest BCUT2D eigenvalue weighted by molar-refractivity contribution is 7.89. The van der Waals surface area contributed by atoms with Crippen LogP contribution in [0.25, 0.3) is 0 Å². The summed E-state index contributed by atoms with van der Waals surface area (Å²) in [6, 6.07) is 8.51. The largest absolute Gasteiger partial charge is 0.449 e. The van der Waals surface area contributed by atoms with Crippen molar-refractivity contribution in [2.45, 2.75) is 24.1 Å². The molecule has 0 aliphatic rings. The number of hydrogen-bond acceptors (Lipinski definition) is 5. The number of alkyl halides is 3. The smallest absolute Gasteiger partial charge is 0.416 e. The van der Waals surface area contributed by atoms with Crippen molar-refractivity contribution in [1.29, 1.82) is 0 Å². The zero-order valence-corrected chi connectivity index (χ0v) is 15.2. The number of benzene rings is 2. The molecule has 0 heterocycles. The van der Waals surface area contributed by atoms with E-state index in [0.29, 0.717) is 6.07 Å². The Morgan fingerprint density at radius 3 is 2.25 bits per heavy atom. The standard InChI is InChI=1S/C17H15F3N2O5S/c1-10(15(23)22-13-5-7-14(8-6-13)28(21,25)26)27-16(24)11-3-2-4-12(9-11)17(18,19)20/h2-10H,1H3,(H,22,23)(H2,21,25,26). The molecule has 0 saturated heterocycles. The summed E-state index contributed by atoms with van der Waals surface area (Å²) in [5, 5.41) is 7.34. The number of ether oxygens (including phenoxy) is 1. The zero-order chi connectivity index (χ0) is 21.1. The molecule has 0 aliphatic carbocycles. The number of nitrogens with two attached hydrogens (primary N) is 1. The van der Waals surface area contributed by atoms with Gasteiger partial charge in [0.2, 0.25) is 10.0 Å². The number of primary sulfonamides is 1.